The molecule has 17 heavy (non-hydrogen) atoms. The molecule has 0 aliphatic heterocycles. The Morgan fingerprint density at radius 1 is 1.47 bits per heavy atom. The zero-order chi connectivity index (χ0) is 12.3. The van der Waals surface area contributed by atoms with Crippen LogP contribution < -0.4 is 5.73 Å². The van der Waals surface area contributed by atoms with Crippen molar-refractivity contribution in [1.29, 1.82) is 0 Å². The topological polar surface area (TPSA) is 85.2 Å². The lowest BCUT2D eigenvalue weighted by Gasteiger charge is -1.99. The molecule has 0 radical (unpaired) electrons. The van der Waals surface area contributed by atoms with Gasteiger partial charge in [0.1, 0.15) is 5.75 Å². The number of nitrogen functional groups attached to an aromatic ring is 1. The van der Waals surface area contributed by atoms with Crippen molar-refractivity contribution in [1.82, 2.24) is 10.1 Å². The minimum absolute atomic E-state index is 0.0187. The Morgan fingerprint density at radius 2 is 2.29 bits per heavy atom. The molecule has 0 aliphatic rings. The van der Waals surface area contributed by atoms with E-state index in [1.807, 2.05) is 0 Å². The van der Waals surface area contributed by atoms with Crippen LogP contribution in [0.4, 0.5) is 5.69 Å². The maximum atomic E-state index is 9.49. The summed E-state index contributed by atoms with van der Waals surface area (Å²) in [4.78, 5) is 4.24. The van der Waals surface area contributed by atoms with Gasteiger partial charge in [-0.25, -0.2) is 0 Å². The van der Waals surface area contributed by atoms with Crippen LogP contribution in [0.3, 0.4) is 0 Å². The number of aromatic hydroxyl groups is 1. The van der Waals surface area contributed by atoms with Gasteiger partial charge in [-0.3, -0.25) is 0 Å². The monoisotopic (exact) mass is 251 g/mol. The number of anilines is 1. The van der Waals surface area contributed by atoms with E-state index in [1.54, 1.807) is 23.9 Å². The lowest BCUT2D eigenvalue weighted by atomic mass is 10.2. The summed E-state index contributed by atoms with van der Waals surface area (Å²) in [7, 11) is 0. The van der Waals surface area contributed by atoms with Crippen LogP contribution in [0.2, 0.25) is 0 Å². The summed E-state index contributed by atoms with van der Waals surface area (Å²) in [5.41, 5.74) is 6.51. The average Bonchev–Trinajstić information content (AvgIpc) is 2.79. The zero-order valence-electron chi connectivity index (χ0n) is 9.38. The number of nitrogens with two attached hydrogens (primary N) is 1. The molecule has 2 rings (SSSR count). The maximum absolute atomic E-state index is 9.49. The number of nitrogens with zero attached hydrogens (tertiary/aromatic N) is 2. The highest BCUT2D eigenvalue weighted by molar-refractivity contribution is 7.98. The Morgan fingerprint density at radius 3 is 3.00 bits per heavy atom. The van der Waals surface area contributed by atoms with Gasteiger partial charge in [-0.1, -0.05) is 12.1 Å². The van der Waals surface area contributed by atoms with Crippen LogP contribution in [-0.2, 0) is 5.75 Å². The van der Waals surface area contributed by atoms with Crippen LogP contribution in [-0.4, -0.2) is 21.0 Å². The molecule has 1 aromatic carbocycles. The third kappa shape index (κ3) is 2.71. The van der Waals surface area contributed by atoms with Crippen molar-refractivity contribution < 1.29 is 9.63 Å². The number of rotatable bonds is 4. The van der Waals surface area contributed by atoms with Crippen LogP contribution in [0.25, 0.3) is 11.5 Å². The number of phenolic OH excluding ortho intramolecular Hbond substituents is 1. The van der Waals surface area contributed by atoms with Crippen molar-refractivity contribution in [3.63, 3.8) is 0 Å². The van der Waals surface area contributed by atoms with Crippen molar-refractivity contribution in [2.75, 3.05) is 11.5 Å². The SMILES string of the molecule is CCSCc1noc(-c2ccc(N)c(O)c2)n1. The first-order valence-corrected chi connectivity index (χ1v) is 6.35. The van der Waals surface area contributed by atoms with Gasteiger partial charge in [-0.15, -0.1) is 0 Å². The summed E-state index contributed by atoms with van der Waals surface area (Å²) in [6.45, 7) is 2.07. The molecular weight excluding hydrogens is 238 g/mol. The first kappa shape index (κ1) is 11.8. The van der Waals surface area contributed by atoms with E-state index in [9.17, 15) is 5.11 Å². The van der Waals surface area contributed by atoms with E-state index in [-0.39, 0.29) is 5.75 Å². The highest BCUT2D eigenvalue weighted by atomic mass is 32.2. The summed E-state index contributed by atoms with van der Waals surface area (Å²) < 4.78 is 5.12. The van der Waals surface area contributed by atoms with Gasteiger partial charge in [0, 0.05) is 5.56 Å². The molecule has 0 bridgehead atoms. The second-order valence-corrected chi connectivity index (χ2v) is 4.70. The Hall–Kier alpha value is -1.69. The van der Waals surface area contributed by atoms with Crippen molar-refractivity contribution in [2.24, 2.45) is 0 Å². The van der Waals surface area contributed by atoms with Crippen molar-refractivity contribution in [2.45, 2.75) is 12.7 Å². The molecular formula is C11H13N3O2S. The van der Waals surface area contributed by atoms with E-state index in [1.165, 1.54) is 6.07 Å². The number of phenols is 1. The zero-order valence-corrected chi connectivity index (χ0v) is 10.2. The summed E-state index contributed by atoms with van der Waals surface area (Å²) in [5.74, 6) is 2.80. The molecule has 1 heterocycles. The Balaban J connectivity index is 2.21. The van der Waals surface area contributed by atoms with E-state index < -0.39 is 0 Å². The lowest BCUT2D eigenvalue weighted by molar-refractivity contribution is 0.424. The fourth-order valence-corrected chi connectivity index (χ4v) is 1.80. The van der Waals surface area contributed by atoms with Gasteiger partial charge in [0.15, 0.2) is 5.82 Å². The second kappa shape index (κ2) is 5.09. The largest absolute Gasteiger partial charge is 0.506 e. The first-order chi connectivity index (χ1) is 8.20. The van der Waals surface area contributed by atoms with Crippen molar-refractivity contribution in [3.05, 3.63) is 24.0 Å². The van der Waals surface area contributed by atoms with Gasteiger partial charge in [-0.2, -0.15) is 16.7 Å². The smallest absolute Gasteiger partial charge is 0.258 e. The molecule has 0 unspecified atom stereocenters. The summed E-state index contributed by atoms with van der Waals surface area (Å²) in [6.07, 6.45) is 0. The number of hydrogen-bond donors (Lipinski definition) is 2. The average molecular weight is 251 g/mol. The normalized spacial score (nSPS) is 10.6. The van der Waals surface area contributed by atoms with E-state index in [2.05, 4.69) is 17.1 Å². The number of aromatic nitrogens is 2. The minimum atomic E-state index is 0.0187. The molecule has 0 saturated heterocycles. The summed E-state index contributed by atoms with van der Waals surface area (Å²) >= 11 is 1.72. The maximum Gasteiger partial charge on any atom is 0.258 e. The van der Waals surface area contributed by atoms with Gasteiger partial charge < -0.3 is 15.4 Å². The van der Waals surface area contributed by atoms with E-state index in [0.29, 0.717) is 23.0 Å². The summed E-state index contributed by atoms with van der Waals surface area (Å²) in [6, 6.07) is 4.86. The third-order valence-electron chi connectivity index (χ3n) is 2.18. The highest BCUT2D eigenvalue weighted by Gasteiger charge is 2.10. The standard InChI is InChI=1S/C11H13N3O2S/c1-2-17-6-10-13-11(16-14-10)7-3-4-8(12)9(15)5-7/h3-5,15H,2,6,12H2,1H3. The molecule has 0 atom stereocenters. The van der Waals surface area contributed by atoms with E-state index >= 15 is 0 Å². The molecule has 1 aromatic heterocycles. The first-order valence-electron chi connectivity index (χ1n) is 5.20. The van der Waals surface area contributed by atoms with Crippen LogP contribution in [0.15, 0.2) is 22.7 Å². The van der Waals surface area contributed by atoms with Crippen LogP contribution in [0, 0.1) is 0 Å². The highest BCUT2D eigenvalue weighted by Crippen LogP contribution is 2.27. The molecule has 90 valence electrons. The molecule has 0 spiro atoms. The Kier molecular flexibility index (Phi) is 3.53. The van der Waals surface area contributed by atoms with E-state index in [4.69, 9.17) is 10.3 Å². The Labute approximate surface area is 103 Å². The predicted molar refractivity (Wildman–Crippen MR) is 67.6 cm³/mol. The fourth-order valence-electron chi connectivity index (χ4n) is 1.30. The third-order valence-corrected chi connectivity index (χ3v) is 3.05. The van der Waals surface area contributed by atoms with Crippen LogP contribution in [0.1, 0.15) is 12.7 Å². The molecule has 5 nitrogen and oxygen atoms in total. The quantitative estimate of drug-likeness (QED) is 0.640. The van der Waals surface area contributed by atoms with Crippen LogP contribution in [0.5, 0.6) is 5.75 Å². The summed E-state index contributed by atoms with van der Waals surface area (Å²) in [5, 5.41) is 13.4. The molecule has 0 aliphatic carbocycles. The molecule has 2 aromatic rings. The van der Waals surface area contributed by atoms with Crippen molar-refractivity contribution >= 4 is 17.4 Å². The van der Waals surface area contributed by atoms with Gasteiger partial charge in [-0.05, 0) is 24.0 Å². The molecule has 3 N–H and O–H groups in total. The molecule has 0 saturated carbocycles. The predicted octanol–water partition coefficient (Wildman–Crippen LogP) is 2.28. The fraction of sp³-hybridized carbons (Fsp3) is 0.273. The molecule has 6 heteroatoms. The van der Waals surface area contributed by atoms with Crippen molar-refractivity contribution in [3.8, 4) is 17.2 Å². The lowest BCUT2D eigenvalue weighted by Crippen LogP contribution is -1.87. The van der Waals surface area contributed by atoms with Gasteiger partial charge in [0.05, 0.1) is 11.4 Å². The van der Waals surface area contributed by atoms with Gasteiger partial charge in [0.2, 0.25) is 0 Å². The van der Waals surface area contributed by atoms with Gasteiger partial charge >= 0.3 is 0 Å². The van der Waals surface area contributed by atoms with Crippen LogP contribution >= 0.6 is 11.8 Å². The van der Waals surface area contributed by atoms with Gasteiger partial charge in [0.25, 0.3) is 5.89 Å². The number of benzene rings is 1. The molecule has 0 amide bonds. The van der Waals surface area contributed by atoms with E-state index in [0.717, 1.165) is 11.5 Å². The minimum Gasteiger partial charge on any atom is -0.506 e. The second-order valence-electron chi connectivity index (χ2n) is 3.43. The number of thioether (sulfide) groups is 1. The molecule has 0 fully saturated rings. The number of hydrogen-bond acceptors (Lipinski definition) is 6. The Bertz CT molecular complexity index is 513.